The first-order valence-corrected chi connectivity index (χ1v) is 5.33. The lowest BCUT2D eigenvalue weighted by molar-refractivity contribution is -0.120. The van der Waals surface area contributed by atoms with Gasteiger partial charge in [0.25, 0.3) is 0 Å². The van der Waals surface area contributed by atoms with Crippen LogP contribution >= 0.6 is 0 Å². The predicted octanol–water partition coefficient (Wildman–Crippen LogP) is 1.08. The number of benzene rings is 1. The molecule has 0 heterocycles. The van der Waals surface area contributed by atoms with Crippen molar-refractivity contribution >= 4 is 5.91 Å². The Labute approximate surface area is 90.7 Å². The lowest BCUT2D eigenvalue weighted by Crippen LogP contribution is -2.26. The molecular weight excluding hydrogens is 188 g/mol. The molecule has 1 amide bonds. The maximum atomic E-state index is 11.1. The first kappa shape index (κ1) is 11.7. The molecule has 0 fully saturated rings. The summed E-state index contributed by atoms with van der Waals surface area (Å²) in [5.74, 6) is 0.0468. The Morgan fingerprint density at radius 2 is 2.00 bits per heavy atom. The lowest BCUT2D eigenvalue weighted by atomic mass is 10.1. The number of rotatable bonds is 6. The van der Waals surface area contributed by atoms with Crippen LogP contribution in [0.15, 0.2) is 30.3 Å². The van der Waals surface area contributed by atoms with Crippen molar-refractivity contribution < 1.29 is 4.79 Å². The van der Waals surface area contributed by atoms with Crippen LogP contribution in [-0.2, 0) is 11.2 Å². The molecule has 0 unspecified atom stereocenters. The summed E-state index contributed by atoms with van der Waals surface area (Å²) in [6.07, 6.45) is 2.40. The van der Waals surface area contributed by atoms with E-state index in [4.69, 9.17) is 5.73 Å². The van der Waals surface area contributed by atoms with Crippen molar-refractivity contribution in [2.45, 2.75) is 19.3 Å². The van der Waals surface area contributed by atoms with Gasteiger partial charge in [-0.25, -0.2) is 0 Å². The highest BCUT2D eigenvalue weighted by molar-refractivity contribution is 5.75. The summed E-state index contributed by atoms with van der Waals surface area (Å²) >= 11 is 0. The average molecular weight is 206 g/mol. The number of aryl methyl sites for hydroxylation is 1. The summed E-state index contributed by atoms with van der Waals surface area (Å²) < 4.78 is 0. The fourth-order valence-electron chi connectivity index (χ4n) is 1.38. The van der Waals surface area contributed by atoms with E-state index in [1.165, 1.54) is 5.56 Å². The second-order valence-electron chi connectivity index (χ2n) is 3.48. The fraction of sp³-hybridized carbons (Fsp3) is 0.417. The Balaban J connectivity index is 2.10. The van der Waals surface area contributed by atoms with Crippen LogP contribution in [0.2, 0.25) is 0 Å². The van der Waals surface area contributed by atoms with E-state index in [-0.39, 0.29) is 5.91 Å². The third-order valence-corrected chi connectivity index (χ3v) is 2.18. The molecule has 15 heavy (non-hydrogen) atoms. The van der Waals surface area contributed by atoms with Crippen molar-refractivity contribution in [1.29, 1.82) is 0 Å². The molecule has 82 valence electrons. The molecule has 3 nitrogen and oxygen atoms in total. The highest BCUT2D eigenvalue weighted by Crippen LogP contribution is 2.01. The molecule has 0 aliphatic carbocycles. The summed E-state index contributed by atoms with van der Waals surface area (Å²) in [5, 5.41) is 2.83. The van der Waals surface area contributed by atoms with Gasteiger partial charge in [-0.1, -0.05) is 30.3 Å². The molecule has 0 saturated heterocycles. The SMILES string of the molecule is NCCC(=O)NCCCc1ccccc1. The number of hydrogen-bond acceptors (Lipinski definition) is 2. The van der Waals surface area contributed by atoms with Crippen molar-refractivity contribution in [1.82, 2.24) is 5.32 Å². The van der Waals surface area contributed by atoms with Gasteiger partial charge in [0.1, 0.15) is 0 Å². The Kier molecular flexibility index (Phi) is 5.48. The number of hydrogen-bond donors (Lipinski definition) is 2. The summed E-state index contributed by atoms with van der Waals surface area (Å²) in [6, 6.07) is 10.3. The van der Waals surface area contributed by atoms with Crippen molar-refractivity contribution in [3.63, 3.8) is 0 Å². The largest absolute Gasteiger partial charge is 0.356 e. The zero-order valence-corrected chi connectivity index (χ0v) is 8.91. The van der Waals surface area contributed by atoms with Crippen LogP contribution in [-0.4, -0.2) is 19.0 Å². The molecule has 0 aromatic heterocycles. The number of nitrogens with one attached hydrogen (secondary N) is 1. The van der Waals surface area contributed by atoms with Crippen LogP contribution in [0.25, 0.3) is 0 Å². The summed E-state index contributed by atoms with van der Waals surface area (Å²) in [6.45, 7) is 1.15. The summed E-state index contributed by atoms with van der Waals surface area (Å²) in [5.41, 5.74) is 6.57. The normalized spacial score (nSPS) is 9.93. The molecule has 0 aliphatic rings. The molecule has 3 N–H and O–H groups in total. The molecule has 0 saturated carbocycles. The van der Waals surface area contributed by atoms with Gasteiger partial charge < -0.3 is 11.1 Å². The molecule has 3 heteroatoms. The second-order valence-corrected chi connectivity index (χ2v) is 3.48. The van der Waals surface area contributed by atoms with Crippen LogP contribution in [0.4, 0.5) is 0 Å². The smallest absolute Gasteiger partial charge is 0.221 e. The topological polar surface area (TPSA) is 55.1 Å². The van der Waals surface area contributed by atoms with Crippen molar-refractivity contribution in [3.8, 4) is 0 Å². The van der Waals surface area contributed by atoms with E-state index in [1.807, 2.05) is 18.2 Å². The summed E-state index contributed by atoms with van der Waals surface area (Å²) in [4.78, 5) is 11.1. The van der Waals surface area contributed by atoms with Crippen molar-refractivity contribution in [3.05, 3.63) is 35.9 Å². The van der Waals surface area contributed by atoms with Gasteiger partial charge in [0.05, 0.1) is 0 Å². The second kappa shape index (κ2) is 7.01. The van der Waals surface area contributed by atoms with E-state index in [2.05, 4.69) is 17.4 Å². The quantitative estimate of drug-likeness (QED) is 0.684. The Hall–Kier alpha value is -1.35. The molecule has 1 aromatic rings. The number of amides is 1. The van der Waals surface area contributed by atoms with Crippen LogP contribution in [0.5, 0.6) is 0 Å². The van der Waals surface area contributed by atoms with Gasteiger partial charge in [-0.15, -0.1) is 0 Å². The van der Waals surface area contributed by atoms with E-state index < -0.39 is 0 Å². The van der Waals surface area contributed by atoms with Crippen LogP contribution < -0.4 is 11.1 Å². The van der Waals surface area contributed by atoms with Gasteiger partial charge >= 0.3 is 0 Å². The minimum absolute atomic E-state index is 0.0468. The number of carbonyl (C=O) groups is 1. The predicted molar refractivity (Wildman–Crippen MR) is 61.4 cm³/mol. The molecule has 0 atom stereocenters. The molecule has 1 aromatic carbocycles. The molecule has 1 rings (SSSR count). The standard InChI is InChI=1S/C12H18N2O/c13-9-8-12(15)14-10-4-7-11-5-2-1-3-6-11/h1-3,5-6H,4,7-10,13H2,(H,14,15). The Morgan fingerprint density at radius 3 is 2.67 bits per heavy atom. The van der Waals surface area contributed by atoms with Crippen molar-refractivity contribution in [2.75, 3.05) is 13.1 Å². The zero-order chi connectivity index (χ0) is 10.9. The number of carbonyl (C=O) groups excluding carboxylic acids is 1. The van der Waals surface area contributed by atoms with E-state index in [0.29, 0.717) is 13.0 Å². The Bertz CT molecular complexity index is 285. The van der Waals surface area contributed by atoms with Crippen LogP contribution in [0.1, 0.15) is 18.4 Å². The Morgan fingerprint density at radius 1 is 1.27 bits per heavy atom. The third kappa shape index (κ3) is 5.18. The minimum Gasteiger partial charge on any atom is -0.356 e. The molecular formula is C12H18N2O. The highest BCUT2D eigenvalue weighted by atomic mass is 16.1. The monoisotopic (exact) mass is 206 g/mol. The minimum atomic E-state index is 0.0468. The van der Waals surface area contributed by atoms with E-state index in [0.717, 1.165) is 19.4 Å². The van der Waals surface area contributed by atoms with E-state index in [1.54, 1.807) is 0 Å². The maximum Gasteiger partial charge on any atom is 0.221 e. The van der Waals surface area contributed by atoms with E-state index >= 15 is 0 Å². The van der Waals surface area contributed by atoms with Gasteiger partial charge in [0.2, 0.25) is 5.91 Å². The van der Waals surface area contributed by atoms with Gasteiger partial charge in [-0.2, -0.15) is 0 Å². The molecule has 0 aliphatic heterocycles. The zero-order valence-electron chi connectivity index (χ0n) is 8.91. The van der Waals surface area contributed by atoms with Gasteiger partial charge in [-0.05, 0) is 18.4 Å². The maximum absolute atomic E-state index is 11.1. The molecule has 0 radical (unpaired) electrons. The van der Waals surface area contributed by atoms with Crippen molar-refractivity contribution in [2.24, 2.45) is 5.73 Å². The van der Waals surface area contributed by atoms with Gasteiger partial charge in [0, 0.05) is 19.5 Å². The number of nitrogens with two attached hydrogens (primary N) is 1. The van der Waals surface area contributed by atoms with E-state index in [9.17, 15) is 4.79 Å². The molecule has 0 bridgehead atoms. The highest BCUT2D eigenvalue weighted by Gasteiger charge is 1.97. The first-order valence-electron chi connectivity index (χ1n) is 5.33. The van der Waals surface area contributed by atoms with Crippen LogP contribution in [0, 0.1) is 0 Å². The summed E-state index contributed by atoms with van der Waals surface area (Å²) in [7, 11) is 0. The molecule has 0 spiro atoms. The van der Waals surface area contributed by atoms with Crippen LogP contribution in [0.3, 0.4) is 0 Å². The van der Waals surface area contributed by atoms with Gasteiger partial charge in [-0.3, -0.25) is 4.79 Å². The lowest BCUT2D eigenvalue weighted by Gasteiger charge is -2.04. The first-order chi connectivity index (χ1) is 7.33. The average Bonchev–Trinajstić information content (AvgIpc) is 2.26. The fourth-order valence-corrected chi connectivity index (χ4v) is 1.38. The third-order valence-electron chi connectivity index (χ3n) is 2.18. The van der Waals surface area contributed by atoms with Gasteiger partial charge in [0.15, 0.2) is 0 Å².